The second kappa shape index (κ2) is 30.7. The maximum atomic E-state index is 15.5. The molecule has 5 aromatic rings. The van der Waals surface area contributed by atoms with Crippen molar-refractivity contribution in [2.75, 3.05) is 13.1 Å². The van der Waals surface area contributed by atoms with E-state index in [2.05, 4.69) is 41.9 Å². The smallest absolute Gasteiger partial charge is 0.414 e. The van der Waals surface area contributed by atoms with Crippen LogP contribution in [0, 0.1) is 0 Å². The standard InChI is InChI=1S/C65H92N10O11/c1-61(2,3)83-47-31-28-42(29-32-47)39-52(71-54(77)49(66)38-43-27-30-44-23-15-16-24-45(44)37-43)55(78)75-65(34-20-22-36-69-58(80)84-62(4,5)6,56(79)72-51(53(67)76)40-46-41-70-50-26-18-17-25-48(46)50)33-19-13-14-21-35-68-57(73-59(81)85-63(7,8)9)74-60(82)86-64(10,11)12/h15-18,23-32,37,41,49,51-52,70H,13-14,19-22,33-36,38-40,66H2,1-12H3,(H2,67,76)(H,69,80)(H,71,77)(H,72,79)(H,75,78)(H2,68,73,74,81,82)/t49-,51-,52-,65-/m0/s1. The molecule has 0 aliphatic heterocycles. The van der Waals surface area contributed by atoms with Crippen LogP contribution in [0.1, 0.15) is 151 Å². The van der Waals surface area contributed by atoms with Crippen LogP contribution in [0.3, 0.4) is 0 Å². The highest BCUT2D eigenvalue weighted by molar-refractivity contribution is 6.01. The first-order valence-electron chi connectivity index (χ1n) is 29.6. The Morgan fingerprint density at radius 3 is 1.76 bits per heavy atom. The zero-order chi connectivity index (χ0) is 63.5. The fraction of sp³-hybridized carbons (Fsp3) is 0.508. The van der Waals surface area contributed by atoms with E-state index in [1.54, 1.807) is 92.8 Å². The number of amides is 7. The fourth-order valence-electron chi connectivity index (χ4n) is 9.43. The topological polar surface area (TPSA) is 309 Å². The van der Waals surface area contributed by atoms with Gasteiger partial charge in [-0.25, -0.2) is 14.4 Å². The number of ether oxygens (including phenoxy) is 4. The molecule has 4 aromatic carbocycles. The van der Waals surface area contributed by atoms with E-state index in [1.165, 1.54) is 0 Å². The molecule has 1 aromatic heterocycles. The first-order valence-corrected chi connectivity index (χ1v) is 29.6. The molecular weight excluding hydrogens is 1100 g/mol. The van der Waals surface area contributed by atoms with Crippen LogP contribution in [-0.4, -0.2) is 112 Å². The van der Waals surface area contributed by atoms with Crippen LogP contribution < -0.4 is 48.1 Å². The molecule has 21 heteroatoms. The average molecular weight is 1190 g/mol. The first-order chi connectivity index (χ1) is 40.2. The molecule has 4 atom stereocenters. The third-order valence-corrected chi connectivity index (χ3v) is 13.3. The predicted octanol–water partition coefficient (Wildman–Crippen LogP) is 9.21. The molecule has 1 heterocycles. The van der Waals surface area contributed by atoms with Crippen molar-refractivity contribution < 1.29 is 52.5 Å². The molecule has 0 unspecified atom stereocenters. The van der Waals surface area contributed by atoms with Gasteiger partial charge in [0.15, 0.2) is 0 Å². The third-order valence-electron chi connectivity index (χ3n) is 13.3. The summed E-state index contributed by atoms with van der Waals surface area (Å²) in [6.45, 7) is 21.6. The van der Waals surface area contributed by atoms with Crippen molar-refractivity contribution in [3.05, 3.63) is 114 Å². The van der Waals surface area contributed by atoms with E-state index in [9.17, 15) is 24.0 Å². The number of carbonyl (C=O) groups is 7. The van der Waals surface area contributed by atoms with Crippen LogP contribution in [0.15, 0.2) is 102 Å². The van der Waals surface area contributed by atoms with E-state index in [0.717, 1.165) is 32.8 Å². The highest BCUT2D eigenvalue weighted by atomic mass is 16.6. The SMILES string of the molecule is CC(C)(C)OC(=O)NCCCC[C@](CCCCCCN=C(NC(=O)OC(C)(C)C)NC(=O)OC(C)(C)C)(NC(=O)[C@H](Cc1ccc(OC(C)(C)C)cc1)NC(=O)[C@@H](N)Cc1ccc2ccccc2c1)C(=O)N[C@@H](Cc1c[nH]c2ccccc12)C(N)=O. The van der Waals surface area contributed by atoms with Crippen LogP contribution >= 0.6 is 0 Å². The second-order valence-electron chi connectivity index (χ2n) is 25.7. The monoisotopic (exact) mass is 1190 g/mol. The van der Waals surface area contributed by atoms with Crippen molar-refractivity contribution >= 4 is 69.5 Å². The number of rotatable bonds is 26. The van der Waals surface area contributed by atoms with Crippen LogP contribution in [-0.2, 0) is 52.7 Å². The van der Waals surface area contributed by atoms with E-state index in [-0.39, 0.29) is 57.6 Å². The second-order valence-corrected chi connectivity index (χ2v) is 25.7. The number of aromatic amines is 1. The molecule has 468 valence electrons. The maximum Gasteiger partial charge on any atom is 0.414 e. The predicted molar refractivity (Wildman–Crippen MR) is 334 cm³/mol. The Morgan fingerprint density at radius 1 is 0.570 bits per heavy atom. The summed E-state index contributed by atoms with van der Waals surface area (Å²) in [5.74, 6) is -2.37. The van der Waals surface area contributed by atoms with Gasteiger partial charge in [0.05, 0.1) is 6.04 Å². The molecule has 7 amide bonds. The van der Waals surface area contributed by atoms with Crippen molar-refractivity contribution in [2.24, 2.45) is 16.5 Å². The number of aliphatic imine (C=N–C) groups is 1. The maximum absolute atomic E-state index is 15.5. The Hall–Kier alpha value is -8.20. The summed E-state index contributed by atoms with van der Waals surface area (Å²) in [5, 5.41) is 19.6. The number of alkyl carbamates (subject to hydrolysis) is 3. The number of hydrogen-bond acceptors (Lipinski definition) is 13. The number of unbranched alkanes of at least 4 members (excludes halogenated alkanes) is 4. The summed E-state index contributed by atoms with van der Waals surface area (Å²) in [5.41, 5.74) is 11.1. The lowest BCUT2D eigenvalue weighted by Crippen LogP contribution is -2.65. The minimum Gasteiger partial charge on any atom is -0.488 e. The van der Waals surface area contributed by atoms with Gasteiger partial charge in [-0.2, -0.15) is 0 Å². The highest BCUT2D eigenvalue weighted by Gasteiger charge is 2.42. The van der Waals surface area contributed by atoms with Crippen molar-refractivity contribution in [1.29, 1.82) is 0 Å². The lowest BCUT2D eigenvalue weighted by atomic mass is 9.84. The lowest BCUT2D eigenvalue weighted by molar-refractivity contribution is -0.138. The Labute approximate surface area is 506 Å². The molecule has 86 heavy (non-hydrogen) atoms. The van der Waals surface area contributed by atoms with Gasteiger partial charge in [-0.05, 0) is 167 Å². The number of benzene rings is 4. The summed E-state index contributed by atoms with van der Waals surface area (Å²) in [6.07, 6.45) is 2.14. The molecule has 0 saturated carbocycles. The number of nitrogens with two attached hydrogens (primary N) is 2. The third kappa shape index (κ3) is 24.0. The Morgan fingerprint density at radius 2 is 1.14 bits per heavy atom. The zero-order valence-electron chi connectivity index (χ0n) is 52.3. The van der Waals surface area contributed by atoms with Crippen LogP contribution in [0.2, 0.25) is 0 Å². The lowest BCUT2D eigenvalue weighted by Gasteiger charge is -2.36. The quantitative estimate of drug-likeness (QED) is 0.0108. The number of primary amides is 1. The summed E-state index contributed by atoms with van der Waals surface area (Å²) < 4.78 is 22.3. The number of nitrogens with one attached hydrogen (secondary N) is 7. The number of nitrogens with zero attached hydrogens (tertiary/aromatic N) is 1. The summed E-state index contributed by atoms with van der Waals surface area (Å²) >= 11 is 0. The van der Waals surface area contributed by atoms with Crippen molar-refractivity contribution in [2.45, 2.75) is 200 Å². The number of para-hydroxylation sites is 1. The molecule has 11 N–H and O–H groups in total. The van der Waals surface area contributed by atoms with Crippen LogP contribution in [0.25, 0.3) is 21.7 Å². The van der Waals surface area contributed by atoms with Gasteiger partial charge >= 0.3 is 18.3 Å². The molecule has 0 radical (unpaired) electrons. The number of aromatic nitrogens is 1. The van der Waals surface area contributed by atoms with Crippen LogP contribution in [0.4, 0.5) is 14.4 Å². The molecule has 0 aliphatic carbocycles. The molecule has 0 spiro atoms. The molecule has 0 aliphatic rings. The number of fused-ring (bicyclic) bond motifs is 2. The minimum atomic E-state index is -1.75. The van der Waals surface area contributed by atoms with Crippen molar-refractivity contribution in [3.63, 3.8) is 0 Å². The van der Waals surface area contributed by atoms with E-state index in [0.29, 0.717) is 43.4 Å². The molecule has 5 rings (SSSR count). The number of hydrogen-bond donors (Lipinski definition) is 9. The van der Waals surface area contributed by atoms with Crippen molar-refractivity contribution in [3.8, 4) is 5.75 Å². The van der Waals surface area contributed by atoms with Gasteiger partial charge in [-0.1, -0.05) is 92.1 Å². The molecular formula is C65H92N10O11. The number of guanidine groups is 1. The molecule has 0 fully saturated rings. The fourth-order valence-corrected chi connectivity index (χ4v) is 9.43. The molecule has 0 bridgehead atoms. The number of carbonyl (C=O) groups excluding carboxylic acids is 7. The minimum absolute atomic E-state index is 0.0143. The summed E-state index contributed by atoms with van der Waals surface area (Å²) in [6, 6.07) is 24.8. The van der Waals surface area contributed by atoms with Gasteiger partial charge in [-0.3, -0.25) is 34.8 Å². The Bertz CT molecular complexity index is 3100. The molecule has 0 saturated heterocycles. The van der Waals surface area contributed by atoms with Gasteiger partial charge in [-0.15, -0.1) is 0 Å². The van der Waals surface area contributed by atoms with Crippen LogP contribution in [0.5, 0.6) is 5.75 Å². The van der Waals surface area contributed by atoms with Gasteiger partial charge in [0.1, 0.15) is 45.8 Å². The normalized spacial score (nSPS) is 13.6. The highest BCUT2D eigenvalue weighted by Crippen LogP contribution is 2.27. The van der Waals surface area contributed by atoms with Gasteiger partial charge in [0.25, 0.3) is 0 Å². The first kappa shape index (κ1) is 68.6. The van der Waals surface area contributed by atoms with Crippen molar-refractivity contribution in [1.82, 2.24) is 36.9 Å². The molecule has 21 nitrogen and oxygen atoms in total. The van der Waals surface area contributed by atoms with E-state index < -0.39 is 88.0 Å². The van der Waals surface area contributed by atoms with Gasteiger partial charge in [0.2, 0.25) is 29.6 Å². The summed E-state index contributed by atoms with van der Waals surface area (Å²) in [4.78, 5) is 105. The summed E-state index contributed by atoms with van der Waals surface area (Å²) in [7, 11) is 0. The Balaban J connectivity index is 1.50. The zero-order valence-corrected chi connectivity index (χ0v) is 52.3. The van der Waals surface area contributed by atoms with E-state index in [4.69, 9.17) is 30.4 Å². The van der Waals surface area contributed by atoms with Gasteiger partial charge < -0.3 is 56.7 Å². The average Bonchev–Trinajstić information content (AvgIpc) is 3.98. The van der Waals surface area contributed by atoms with E-state index in [1.807, 2.05) is 87.5 Å². The number of H-pyrrole nitrogens is 1. The van der Waals surface area contributed by atoms with E-state index >= 15 is 9.59 Å². The Kier molecular flexibility index (Phi) is 24.5. The van der Waals surface area contributed by atoms with Gasteiger partial charge in [0, 0.05) is 43.0 Å². The largest absolute Gasteiger partial charge is 0.488 e.